The molecule has 0 radical (unpaired) electrons. The number of aliphatic hydroxyl groups excluding tert-OH is 3. The zero-order valence-corrected chi connectivity index (χ0v) is 9.10. The summed E-state index contributed by atoms with van der Waals surface area (Å²) in [5, 5.41) is 28.1. The molecule has 1 fully saturated rings. The molecule has 0 aliphatic carbocycles. The number of nitrogens with two attached hydrogens (primary N) is 1. The molecule has 0 bridgehead atoms. The third-order valence-electron chi connectivity index (χ3n) is 2.73. The molecule has 0 aromatic carbocycles. The van der Waals surface area contributed by atoms with Crippen LogP contribution in [0.4, 0.5) is 10.2 Å². The first-order chi connectivity index (χ1) is 8.45. The fourth-order valence-electron chi connectivity index (χ4n) is 1.75. The zero-order valence-electron chi connectivity index (χ0n) is 9.10. The van der Waals surface area contributed by atoms with Gasteiger partial charge in [-0.1, -0.05) is 0 Å². The lowest BCUT2D eigenvalue weighted by Gasteiger charge is -2.17. The molecule has 0 saturated carbocycles. The smallest absolute Gasteiger partial charge is 0.351 e. The maximum Gasteiger partial charge on any atom is 0.351 e. The van der Waals surface area contributed by atoms with Gasteiger partial charge in [-0.25, -0.2) is 9.18 Å². The number of nitrogens with zero attached hydrogens (tertiary/aromatic N) is 2. The van der Waals surface area contributed by atoms with Crippen molar-refractivity contribution < 1.29 is 24.4 Å². The highest BCUT2D eigenvalue weighted by molar-refractivity contribution is 5.26. The fourth-order valence-corrected chi connectivity index (χ4v) is 1.75. The molecule has 4 atom stereocenters. The first-order valence-corrected chi connectivity index (χ1v) is 5.12. The molecule has 100 valence electrons. The lowest BCUT2D eigenvalue weighted by Crippen LogP contribution is -2.36. The summed E-state index contributed by atoms with van der Waals surface area (Å²) in [4.78, 5) is 14.7. The van der Waals surface area contributed by atoms with Crippen molar-refractivity contribution in [1.82, 2.24) is 9.55 Å². The molecule has 0 spiro atoms. The Morgan fingerprint density at radius 1 is 1.50 bits per heavy atom. The Balaban J connectivity index is 2.39. The largest absolute Gasteiger partial charge is 0.394 e. The molecule has 0 amide bonds. The Bertz CT molecular complexity index is 507. The van der Waals surface area contributed by atoms with Gasteiger partial charge in [-0.05, 0) is 0 Å². The summed E-state index contributed by atoms with van der Waals surface area (Å²) in [6, 6.07) is 0. The first-order valence-electron chi connectivity index (χ1n) is 5.12. The standard InChI is InChI=1S/C9H12FN3O5/c10-3-1-13(9(17)12-7(3)11)8-6(16)5(15)4(2-14)18-8/h1,4-6,8,14-16H,2H2,(H2,11,12,17)/t4-,5-,6-,8?/m1/s1. The number of hydrogen-bond acceptors (Lipinski definition) is 7. The molecule has 1 saturated heterocycles. The molecule has 2 rings (SSSR count). The van der Waals surface area contributed by atoms with Crippen LogP contribution >= 0.6 is 0 Å². The van der Waals surface area contributed by atoms with Gasteiger partial charge in [-0.15, -0.1) is 0 Å². The van der Waals surface area contributed by atoms with Crippen molar-refractivity contribution in [2.75, 3.05) is 12.3 Å². The van der Waals surface area contributed by atoms with Gasteiger partial charge in [0, 0.05) is 0 Å². The summed E-state index contributed by atoms with van der Waals surface area (Å²) in [5.74, 6) is -1.52. The summed E-state index contributed by atoms with van der Waals surface area (Å²) in [5.41, 5.74) is 4.18. The van der Waals surface area contributed by atoms with Crippen molar-refractivity contribution >= 4 is 5.82 Å². The van der Waals surface area contributed by atoms with Gasteiger partial charge in [0.05, 0.1) is 12.8 Å². The lowest BCUT2D eigenvalue weighted by atomic mass is 10.1. The zero-order chi connectivity index (χ0) is 13.4. The number of rotatable bonds is 2. The van der Waals surface area contributed by atoms with Crippen LogP contribution in [0.3, 0.4) is 0 Å². The number of anilines is 1. The molecule has 8 nitrogen and oxygen atoms in total. The Hall–Kier alpha value is -1.55. The Morgan fingerprint density at radius 2 is 2.17 bits per heavy atom. The third-order valence-corrected chi connectivity index (χ3v) is 2.73. The van der Waals surface area contributed by atoms with E-state index in [4.69, 9.17) is 15.6 Å². The molecule has 2 heterocycles. The normalized spacial score (nSPS) is 31.8. The van der Waals surface area contributed by atoms with Crippen molar-refractivity contribution in [2.45, 2.75) is 24.5 Å². The summed E-state index contributed by atoms with van der Waals surface area (Å²) in [6.45, 7) is -0.547. The van der Waals surface area contributed by atoms with Crippen molar-refractivity contribution in [3.63, 3.8) is 0 Å². The quantitative estimate of drug-likeness (QED) is 0.465. The predicted octanol–water partition coefficient (Wildman–Crippen LogP) is -2.42. The number of aromatic nitrogens is 2. The fraction of sp³-hybridized carbons (Fsp3) is 0.556. The minimum Gasteiger partial charge on any atom is -0.394 e. The molecule has 9 heteroatoms. The second kappa shape index (κ2) is 4.61. The Kier molecular flexibility index (Phi) is 3.30. The van der Waals surface area contributed by atoms with E-state index < -0.39 is 48.5 Å². The van der Waals surface area contributed by atoms with E-state index in [0.29, 0.717) is 4.57 Å². The summed E-state index contributed by atoms with van der Waals surface area (Å²) >= 11 is 0. The van der Waals surface area contributed by atoms with Crippen LogP contribution < -0.4 is 11.4 Å². The van der Waals surface area contributed by atoms with Gasteiger partial charge in [0.15, 0.2) is 17.9 Å². The van der Waals surface area contributed by atoms with E-state index in [2.05, 4.69) is 4.98 Å². The van der Waals surface area contributed by atoms with Gasteiger partial charge in [-0.3, -0.25) is 4.57 Å². The van der Waals surface area contributed by atoms with Crippen LogP contribution in [-0.2, 0) is 4.74 Å². The van der Waals surface area contributed by atoms with Gasteiger partial charge < -0.3 is 25.8 Å². The monoisotopic (exact) mass is 261 g/mol. The van der Waals surface area contributed by atoms with Crippen molar-refractivity contribution in [1.29, 1.82) is 0 Å². The van der Waals surface area contributed by atoms with E-state index in [1.807, 2.05) is 0 Å². The van der Waals surface area contributed by atoms with Gasteiger partial charge in [0.25, 0.3) is 0 Å². The van der Waals surface area contributed by atoms with Crippen molar-refractivity contribution in [2.24, 2.45) is 0 Å². The molecular formula is C9H12FN3O5. The number of ether oxygens (including phenoxy) is 1. The van der Waals surface area contributed by atoms with Gasteiger partial charge >= 0.3 is 5.69 Å². The van der Waals surface area contributed by atoms with E-state index in [-0.39, 0.29) is 0 Å². The minimum absolute atomic E-state index is 0.547. The number of halogens is 1. The van der Waals surface area contributed by atoms with Crippen LogP contribution in [-0.4, -0.2) is 49.8 Å². The Labute approximate surface area is 100 Å². The molecule has 1 aromatic heterocycles. The number of nitrogen functional groups attached to an aromatic ring is 1. The highest BCUT2D eigenvalue weighted by Crippen LogP contribution is 2.28. The van der Waals surface area contributed by atoms with E-state index >= 15 is 0 Å². The second-order valence-corrected chi connectivity index (χ2v) is 3.89. The summed E-state index contributed by atoms with van der Waals surface area (Å²) < 4.78 is 19.0. The minimum atomic E-state index is -1.48. The van der Waals surface area contributed by atoms with E-state index in [1.54, 1.807) is 0 Å². The molecular weight excluding hydrogens is 249 g/mol. The van der Waals surface area contributed by atoms with E-state index in [0.717, 1.165) is 6.20 Å². The molecule has 1 unspecified atom stereocenters. The van der Waals surface area contributed by atoms with Crippen LogP contribution in [0.15, 0.2) is 11.0 Å². The SMILES string of the molecule is Nc1nc(=O)n(C2O[C@H](CO)[C@@H](O)[C@H]2O)cc1F. The highest BCUT2D eigenvalue weighted by atomic mass is 19.1. The average molecular weight is 261 g/mol. The molecule has 5 N–H and O–H groups in total. The maximum atomic E-state index is 13.2. The molecule has 18 heavy (non-hydrogen) atoms. The van der Waals surface area contributed by atoms with Crippen LogP contribution in [0.5, 0.6) is 0 Å². The van der Waals surface area contributed by atoms with Crippen LogP contribution in [0.1, 0.15) is 6.23 Å². The van der Waals surface area contributed by atoms with Crippen LogP contribution in [0, 0.1) is 5.82 Å². The average Bonchev–Trinajstić information content (AvgIpc) is 2.61. The topological polar surface area (TPSA) is 131 Å². The van der Waals surface area contributed by atoms with E-state index in [9.17, 15) is 19.4 Å². The van der Waals surface area contributed by atoms with Crippen molar-refractivity contribution in [3.05, 3.63) is 22.5 Å². The van der Waals surface area contributed by atoms with Crippen LogP contribution in [0.2, 0.25) is 0 Å². The molecule has 1 aromatic rings. The first kappa shape index (κ1) is 12.9. The lowest BCUT2D eigenvalue weighted by molar-refractivity contribution is -0.0553. The number of aliphatic hydroxyl groups is 3. The summed E-state index contributed by atoms with van der Waals surface area (Å²) in [7, 11) is 0. The predicted molar refractivity (Wildman–Crippen MR) is 55.9 cm³/mol. The van der Waals surface area contributed by atoms with Crippen molar-refractivity contribution in [3.8, 4) is 0 Å². The van der Waals surface area contributed by atoms with Gasteiger partial charge in [0.2, 0.25) is 0 Å². The van der Waals surface area contributed by atoms with Gasteiger partial charge in [0.1, 0.15) is 18.3 Å². The number of hydrogen-bond donors (Lipinski definition) is 4. The van der Waals surface area contributed by atoms with Gasteiger partial charge in [-0.2, -0.15) is 4.98 Å². The highest BCUT2D eigenvalue weighted by Gasteiger charge is 2.43. The third kappa shape index (κ3) is 1.97. The van der Waals surface area contributed by atoms with Crippen LogP contribution in [0.25, 0.3) is 0 Å². The van der Waals surface area contributed by atoms with E-state index in [1.165, 1.54) is 0 Å². The molecule has 1 aliphatic rings. The Morgan fingerprint density at radius 3 is 2.72 bits per heavy atom. The second-order valence-electron chi connectivity index (χ2n) is 3.89. The summed E-state index contributed by atoms with van der Waals surface area (Å²) in [6.07, 6.45) is -4.52. The maximum absolute atomic E-state index is 13.2. The molecule has 1 aliphatic heterocycles.